The Hall–Kier alpha value is -1.18. The summed E-state index contributed by atoms with van der Waals surface area (Å²) in [5.41, 5.74) is -1.29. The summed E-state index contributed by atoms with van der Waals surface area (Å²) in [4.78, 5) is 23.9. The van der Waals surface area contributed by atoms with E-state index in [1.807, 2.05) is 12.1 Å². The number of carboxylic acids is 1. The Kier molecular flexibility index (Phi) is 4.38. The molecule has 0 spiro atoms. The van der Waals surface area contributed by atoms with E-state index in [1.54, 1.807) is 6.08 Å². The molecule has 0 aromatic carbocycles. The van der Waals surface area contributed by atoms with Gasteiger partial charge in [-0.3, -0.25) is 4.79 Å². The Morgan fingerprint density at radius 2 is 2.32 bits per heavy atom. The minimum Gasteiger partial charge on any atom is -0.479 e. The molecule has 1 aliphatic heterocycles. The molecule has 0 aliphatic carbocycles. The van der Waals surface area contributed by atoms with Gasteiger partial charge in [0.25, 0.3) is 0 Å². The average molecular weight is 346 g/mol. The largest absolute Gasteiger partial charge is 0.479 e. The fourth-order valence-electron chi connectivity index (χ4n) is 1.74. The van der Waals surface area contributed by atoms with Crippen LogP contribution in [0.1, 0.15) is 11.3 Å². The molecule has 1 aliphatic rings. The van der Waals surface area contributed by atoms with E-state index in [2.05, 4.69) is 21.2 Å². The highest BCUT2D eigenvalue weighted by atomic mass is 79.9. The summed E-state index contributed by atoms with van der Waals surface area (Å²) in [6, 6.07) is 3.75. The fraction of sp³-hybridized carbons (Fsp3) is 0.333. The second-order valence-electron chi connectivity index (χ2n) is 4.15. The number of rotatable bonds is 4. The number of aliphatic carboxylic acids is 1. The summed E-state index contributed by atoms with van der Waals surface area (Å²) in [5, 5.41) is 11.7. The number of nitrogens with one attached hydrogen (secondary N) is 1. The molecule has 1 atom stereocenters. The molecular weight excluding hydrogens is 334 g/mol. The van der Waals surface area contributed by atoms with Crippen molar-refractivity contribution in [2.45, 2.75) is 12.0 Å². The van der Waals surface area contributed by atoms with Crippen LogP contribution in [-0.2, 0) is 14.3 Å². The van der Waals surface area contributed by atoms with Crippen LogP contribution >= 0.6 is 27.3 Å². The van der Waals surface area contributed by atoms with E-state index in [0.717, 1.165) is 8.66 Å². The number of halogens is 1. The van der Waals surface area contributed by atoms with Crippen molar-refractivity contribution in [3.8, 4) is 0 Å². The SMILES string of the molecule is O=C(C=Cc1ccc(Br)s1)NC1(C(=O)O)CCOC1. The summed E-state index contributed by atoms with van der Waals surface area (Å²) in [6.07, 6.45) is 3.27. The molecule has 1 amide bonds. The third-order valence-electron chi connectivity index (χ3n) is 2.79. The minimum absolute atomic E-state index is 0.00641. The highest BCUT2D eigenvalue weighted by Crippen LogP contribution is 2.23. The van der Waals surface area contributed by atoms with Crippen molar-refractivity contribution in [3.05, 3.63) is 26.9 Å². The van der Waals surface area contributed by atoms with Crippen LogP contribution in [0.2, 0.25) is 0 Å². The van der Waals surface area contributed by atoms with Crippen molar-refractivity contribution in [1.29, 1.82) is 0 Å². The van der Waals surface area contributed by atoms with E-state index in [-0.39, 0.29) is 13.0 Å². The van der Waals surface area contributed by atoms with Crippen LogP contribution in [0, 0.1) is 0 Å². The zero-order chi connectivity index (χ0) is 13.9. The zero-order valence-electron chi connectivity index (χ0n) is 9.89. The highest BCUT2D eigenvalue weighted by molar-refractivity contribution is 9.11. The number of ether oxygens (including phenoxy) is 1. The summed E-state index contributed by atoms with van der Waals surface area (Å²) < 4.78 is 6.04. The van der Waals surface area contributed by atoms with Crippen molar-refractivity contribution < 1.29 is 19.4 Å². The Balaban J connectivity index is 2.00. The predicted octanol–water partition coefficient (Wildman–Crippen LogP) is 1.88. The number of amides is 1. The van der Waals surface area contributed by atoms with Crippen LogP contribution in [0.25, 0.3) is 6.08 Å². The maximum absolute atomic E-state index is 11.8. The molecule has 102 valence electrons. The second-order valence-corrected chi connectivity index (χ2v) is 6.65. The molecule has 2 N–H and O–H groups in total. The third kappa shape index (κ3) is 3.43. The van der Waals surface area contributed by atoms with Gasteiger partial charge in [-0.2, -0.15) is 0 Å². The van der Waals surface area contributed by atoms with Gasteiger partial charge in [0.1, 0.15) is 0 Å². The van der Waals surface area contributed by atoms with Gasteiger partial charge in [-0.05, 0) is 34.1 Å². The minimum atomic E-state index is -1.29. The number of carbonyl (C=O) groups is 2. The molecule has 19 heavy (non-hydrogen) atoms. The van der Waals surface area contributed by atoms with Crippen LogP contribution in [0.5, 0.6) is 0 Å². The molecule has 1 saturated heterocycles. The first kappa shape index (κ1) is 14.2. The lowest BCUT2D eigenvalue weighted by atomic mass is 9.99. The second kappa shape index (κ2) is 5.85. The zero-order valence-corrected chi connectivity index (χ0v) is 12.3. The molecule has 0 saturated carbocycles. The van der Waals surface area contributed by atoms with Gasteiger partial charge in [0.05, 0.1) is 10.4 Å². The molecule has 1 aromatic rings. The van der Waals surface area contributed by atoms with Gasteiger partial charge in [0.15, 0.2) is 5.54 Å². The van der Waals surface area contributed by atoms with Crippen LogP contribution in [-0.4, -0.2) is 35.7 Å². The van der Waals surface area contributed by atoms with E-state index in [4.69, 9.17) is 4.74 Å². The van der Waals surface area contributed by atoms with Crippen LogP contribution < -0.4 is 5.32 Å². The van der Waals surface area contributed by atoms with Gasteiger partial charge in [-0.1, -0.05) is 0 Å². The number of hydrogen-bond donors (Lipinski definition) is 2. The quantitative estimate of drug-likeness (QED) is 0.817. The maximum Gasteiger partial charge on any atom is 0.331 e. The Bertz CT molecular complexity index is 520. The first-order valence-corrected chi connectivity index (χ1v) is 7.19. The lowest BCUT2D eigenvalue weighted by Gasteiger charge is -2.22. The topological polar surface area (TPSA) is 75.6 Å². The monoisotopic (exact) mass is 345 g/mol. The smallest absolute Gasteiger partial charge is 0.331 e. The Morgan fingerprint density at radius 1 is 1.53 bits per heavy atom. The van der Waals surface area contributed by atoms with Crippen molar-refractivity contribution in [1.82, 2.24) is 5.32 Å². The van der Waals surface area contributed by atoms with Gasteiger partial charge < -0.3 is 15.2 Å². The highest BCUT2D eigenvalue weighted by Gasteiger charge is 2.43. The first-order valence-electron chi connectivity index (χ1n) is 5.58. The van der Waals surface area contributed by atoms with Gasteiger partial charge in [-0.15, -0.1) is 11.3 Å². The van der Waals surface area contributed by atoms with Crippen LogP contribution in [0.15, 0.2) is 22.0 Å². The van der Waals surface area contributed by atoms with E-state index in [1.165, 1.54) is 17.4 Å². The lowest BCUT2D eigenvalue weighted by Crippen LogP contribution is -2.54. The van der Waals surface area contributed by atoms with Gasteiger partial charge >= 0.3 is 5.97 Å². The van der Waals surface area contributed by atoms with Crippen LogP contribution in [0.3, 0.4) is 0 Å². The Morgan fingerprint density at radius 3 is 2.84 bits per heavy atom. The molecule has 0 bridgehead atoms. The van der Waals surface area contributed by atoms with Crippen molar-refractivity contribution in [2.24, 2.45) is 0 Å². The predicted molar refractivity (Wildman–Crippen MR) is 75.0 cm³/mol. The van der Waals surface area contributed by atoms with Crippen molar-refractivity contribution >= 4 is 45.2 Å². The first-order chi connectivity index (χ1) is 9.02. The van der Waals surface area contributed by atoms with Gasteiger partial charge in [0.2, 0.25) is 5.91 Å². The fourth-order valence-corrected chi connectivity index (χ4v) is 3.07. The number of hydrogen-bond acceptors (Lipinski definition) is 4. The van der Waals surface area contributed by atoms with Crippen molar-refractivity contribution in [2.75, 3.05) is 13.2 Å². The summed E-state index contributed by atoms with van der Waals surface area (Å²) >= 11 is 4.81. The summed E-state index contributed by atoms with van der Waals surface area (Å²) in [6.45, 7) is 0.348. The number of carboxylic acid groups (broad SMARTS) is 1. The van der Waals surface area contributed by atoms with E-state index >= 15 is 0 Å². The molecule has 2 rings (SSSR count). The normalized spacial score (nSPS) is 22.8. The standard InChI is InChI=1S/C12H12BrNO4S/c13-9-3-1-8(19-9)2-4-10(15)14-12(11(16)17)5-6-18-7-12/h1-4H,5-7H2,(H,14,15)(H,16,17). The van der Waals surface area contributed by atoms with E-state index in [9.17, 15) is 14.7 Å². The molecule has 1 fully saturated rings. The third-order valence-corrected chi connectivity index (χ3v) is 4.38. The Labute approximate surface area is 122 Å². The van der Waals surface area contributed by atoms with Gasteiger partial charge in [-0.25, -0.2) is 4.79 Å². The van der Waals surface area contributed by atoms with E-state index < -0.39 is 17.4 Å². The molecule has 0 radical (unpaired) electrons. The summed E-state index contributed by atoms with van der Waals surface area (Å²) in [5.74, 6) is -1.50. The van der Waals surface area contributed by atoms with E-state index in [0.29, 0.717) is 6.61 Å². The molecular formula is C12H12BrNO4S. The van der Waals surface area contributed by atoms with Crippen LogP contribution in [0.4, 0.5) is 0 Å². The average Bonchev–Trinajstić information content (AvgIpc) is 2.97. The number of carbonyl (C=O) groups excluding carboxylic acids is 1. The molecule has 5 nitrogen and oxygen atoms in total. The molecule has 7 heteroatoms. The van der Waals surface area contributed by atoms with Gasteiger partial charge in [0, 0.05) is 24.0 Å². The molecule has 1 unspecified atom stereocenters. The lowest BCUT2D eigenvalue weighted by molar-refractivity contribution is -0.147. The molecule has 2 heterocycles. The number of thiophene rings is 1. The maximum atomic E-state index is 11.8. The molecule has 1 aromatic heterocycles. The summed E-state index contributed by atoms with van der Waals surface area (Å²) in [7, 11) is 0. The van der Waals surface area contributed by atoms with Crippen molar-refractivity contribution in [3.63, 3.8) is 0 Å².